The van der Waals surface area contributed by atoms with E-state index in [-0.39, 0.29) is 25.0 Å². The average molecular weight is 246 g/mol. The van der Waals surface area contributed by atoms with Gasteiger partial charge < -0.3 is 19.6 Å². The van der Waals surface area contributed by atoms with Crippen LogP contribution in [0, 0.1) is 0 Å². The molecule has 0 aliphatic heterocycles. The molecular weight excluding hydrogens is 224 g/mol. The van der Waals surface area contributed by atoms with E-state index in [1.807, 2.05) is 13.8 Å². The topological polar surface area (TPSA) is 70.1 Å². The van der Waals surface area contributed by atoms with E-state index in [1.165, 1.54) is 4.90 Å². The molecule has 0 radical (unpaired) electrons. The number of hydrogen-bond donors (Lipinski definition) is 1. The highest BCUT2D eigenvalue weighted by Crippen LogP contribution is 2.04. The highest BCUT2D eigenvalue weighted by Gasteiger charge is 2.20. The van der Waals surface area contributed by atoms with Gasteiger partial charge in [-0.15, -0.1) is 0 Å². The SMILES string of the molecule is COCCN(C(=O)N(C)CCC(=O)O)C(C)C. The molecule has 0 aliphatic carbocycles. The third kappa shape index (κ3) is 6.11. The number of carboxylic acids is 1. The maximum Gasteiger partial charge on any atom is 0.320 e. The van der Waals surface area contributed by atoms with Gasteiger partial charge in [0.1, 0.15) is 0 Å². The summed E-state index contributed by atoms with van der Waals surface area (Å²) in [5, 5.41) is 8.56. The number of rotatable bonds is 7. The molecule has 100 valence electrons. The van der Waals surface area contributed by atoms with E-state index in [0.717, 1.165) is 0 Å². The van der Waals surface area contributed by atoms with Crippen molar-refractivity contribution in [2.45, 2.75) is 26.3 Å². The second-order valence-electron chi connectivity index (χ2n) is 4.13. The van der Waals surface area contributed by atoms with Gasteiger partial charge in [0.15, 0.2) is 0 Å². The fraction of sp³-hybridized carbons (Fsp3) is 0.818. The number of aliphatic carboxylic acids is 1. The van der Waals surface area contributed by atoms with Crippen molar-refractivity contribution in [1.29, 1.82) is 0 Å². The van der Waals surface area contributed by atoms with Crippen molar-refractivity contribution in [3.63, 3.8) is 0 Å². The monoisotopic (exact) mass is 246 g/mol. The number of carbonyl (C=O) groups is 2. The summed E-state index contributed by atoms with van der Waals surface area (Å²) in [5.74, 6) is -0.905. The summed E-state index contributed by atoms with van der Waals surface area (Å²) in [7, 11) is 3.19. The molecule has 0 heterocycles. The third-order valence-electron chi connectivity index (χ3n) is 2.39. The molecule has 0 bridgehead atoms. The van der Waals surface area contributed by atoms with Gasteiger partial charge in [0, 0.05) is 33.3 Å². The number of nitrogens with zero attached hydrogens (tertiary/aromatic N) is 2. The van der Waals surface area contributed by atoms with E-state index in [2.05, 4.69) is 0 Å². The first kappa shape index (κ1) is 15.7. The first-order chi connectivity index (χ1) is 7.90. The summed E-state index contributed by atoms with van der Waals surface area (Å²) in [5.41, 5.74) is 0. The smallest absolute Gasteiger partial charge is 0.320 e. The Morgan fingerprint density at radius 2 is 1.88 bits per heavy atom. The minimum absolute atomic E-state index is 0.0432. The zero-order chi connectivity index (χ0) is 13.4. The van der Waals surface area contributed by atoms with Crippen molar-refractivity contribution in [2.24, 2.45) is 0 Å². The maximum absolute atomic E-state index is 12.0. The van der Waals surface area contributed by atoms with E-state index in [1.54, 1.807) is 19.1 Å². The molecular formula is C11H22N2O4. The zero-order valence-corrected chi connectivity index (χ0v) is 11.0. The summed E-state index contributed by atoms with van der Waals surface area (Å²) in [6.07, 6.45) is -0.0432. The number of methoxy groups -OCH3 is 1. The molecule has 2 amide bonds. The lowest BCUT2D eigenvalue weighted by Crippen LogP contribution is -2.46. The minimum atomic E-state index is -0.905. The van der Waals surface area contributed by atoms with Gasteiger partial charge in [-0.3, -0.25) is 4.79 Å². The second kappa shape index (κ2) is 7.89. The van der Waals surface area contributed by atoms with Crippen molar-refractivity contribution < 1.29 is 19.4 Å². The van der Waals surface area contributed by atoms with Crippen LogP contribution < -0.4 is 0 Å². The minimum Gasteiger partial charge on any atom is -0.481 e. The van der Waals surface area contributed by atoms with Crippen LogP contribution in [0.25, 0.3) is 0 Å². The summed E-state index contributed by atoms with van der Waals surface area (Å²) >= 11 is 0. The molecule has 6 heteroatoms. The largest absolute Gasteiger partial charge is 0.481 e. The quantitative estimate of drug-likeness (QED) is 0.723. The van der Waals surface area contributed by atoms with Crippen LogP contribution in [0.5, 0.6) is 0 Å². The molecule has 0 fully saturated rings. The summed E-state index contributed by atoms with van der Waals surface area (Å²) in [6, 6.07) is -0.108. The Bertz CT molecular complexity index is 256. The molecule has 0 aromatic carbocycles. The van der Waals surface area contributed by atoms with Gasteiger partial charge in [0.25, 0.3) is 0 Å². The molecule has 1 N–H and O–H groups in total. The number of urea groups is 1. The van der Waals surface area contributed by atoms with Crippen LogP contribution in [-0.2, 0) is 9.53 Å². The lowest BCUT2D eigenvalue weighted by atomic mass is 10.3. The lowest BCUT2D eigenvalue weighted by Gasteiger charge is -2.30. The number of carboxylic acid groups (broad SMARTS) is 1. The standard InChI is InChI=1S/C11H22N2O4/c1-9(2)13(7-8-17-4)11(16)12(3)6-5-10(14)15/h9H,5-8H2,1-4H3,(H,14,15). The van der Waals surface area contributed by atoms with Gasteiger partial charge in [-0.25, -0.2) is 4.79 Å². The highest BCUT2D eigenvalue weighted by molar-refractivity contribution is 5.75. The van der Waals surface area contributed by atoms with Crippen LogP contribution in [0.1, 0.15) is 20.3 Å². The van der Waals surface area contributed by atoms with Gasteiger partial charge in [0.2, 0.25) is 0 Å². The molecule has 0 spiro atoms. The second-order valence-corrected chi connectivity index (χ2v) is 4.13. The first-order valence-electron chi connectivity index (χ1n) is 5.62. The number of carbonyl (C=O) groups excluding carboxylic acids is 1. The van der Waals surface area contributed by atoms with Crippen LogP contribution >= 0.6 is 0 Å². The lowest BCUT2D eigenvalue weighted by molar-refractivity contribution is -0.137. The van der Waals surface area contributed by atoms with Gasteiger partial charge >= 0.3 is 12.0 Å². The van der Waals surface area contributed by atoms with E-state index >= 15 is 0 Å². The predicted molar refractivity (Wildman–Crippen MR) is 64.0 cm³/mol. The molecule has 6 nitrogen and oxygen atoms in total. The van der Waals surface area contributed by atoms with Crippen LogP contribution in [0.4, 0.5) is 4.79 Å². The van der Waals surface area contributed by atoms with Crippen molar-refractivity contribution in [3.05, 3.63) is 0 Å². The molecule has 0 saturated carbocycles. The van der Waals surface area contributed by atoms with Crippen molar-refractivity contribution >= 4 is 12.0 Å². The average Bonchev–Trinajstić information content (AvgIpc) is 2.25. The summed E-state index contributed by atoms with van der Waals surface area (Å²) in [6.45, 7) is 5.02. The molecule has 0 saturated heterocycles. The Morgan fingerprint density at radius 1 is 1.29 bits per heavy atom. The van der Waals surface area contributed by atoms with Crippen molar-refractivity contribution in [1.82, 2.24) is 9.80 Å². The third-order valence-corrected chi connectivity index (χ3v) is 2.39. The summed E-state index contributed by atoms with van der Waals surface area (Å²) in [4.78, 5) is 25.5. The predicted octanol–water partition coefficient (Wildman–Crippen LogP) is 0.870. The molecule has 0 rings (SSSR count). The Balaban J connectivity index is 4.33. The number of ether oxygens (including phenoxy) is 1. The van der Waals surface area contributed by atoms with Crippen LogP contribution in [0.15, 0.2) is 0 Å². The van der Waals surface area contributed by atoms with Gasteiger partial charge in [-0.2, -0.15) is 0 Å². The fourth-order valence-corrected chi connectivity index (χ4v) is 1.34. The molecule has 0 aromatic rings. The zero-order valence-electron chi connectivity index (χ0n) is 11.0. The summed E-state index contributed by atoms with van der Waals surface area (Å²) < 4.78 is 4.94. The van der Waals surface area contributed by atoms with Crippen LogP contribution in [0.2, 0.25) is 0 Å². The Morgan fingerprint density at radius 3 is 2.29 bits per heavy atom. The molecule has 0 aromatic heterocycles. The fourth-order valence-electron chi connectivity index (χ4n) is 1.34. The van der Waals surface area contributed by atoms with Crippen LogP contribution in [-0.4, -0.2) is 66.8 Å². The van der Waals surface area contributed by atoms with Gasteiger partial charge in [0.05, 0.1) is 13.0 Å². The molecule has 0 aliphatic rings. The number of amides is 2. The van der Waals surface area contributed by atoms with E-state index in [0.29, 0.717) is 13.2 Å². The van der Waals surface area contributed by atoms with Crippen LogP contribution in [0.3, 0.4) is 0 Å². The highest BCUT2D eigenvalue weighted by atomic mass is 16.5. The normalized spacial score (nSPS) is 10.4. The van der Waals surface area contributed by atoms with E-state index in [9.17, 15) is 9.59 Å². The maximum atomic E-state index is 12.0. The molecule has 0 unspecified atom stereocenters. The van der Waals surface area contributed by atoms with E-state index in [4.69, 9.17) is 9.84 Å². The Kier molecular flexibility index (Phi) is 7.29. The molecule has 0 atom stereocenters. The van der Waals surface area contributed by atoms with Gasteiger partial charge in [-0.05, 0) is 13.8 Å². The van der Waals surface area contributed by atoms with E-state index < -0.39 is 5.97 Å². The van der Waals surface area contributed by atoms with Gasteiger partial charge in [-0.1, -0.05) is 0 Å². The Hall–Kier alpha value is -1.30. The number of hydrogen-bond acceptors (Lipinski definition) is 3. The molecule has 17 heavy (non-hydrogen) atoms. The van der Waals surface area contributed by atoms with Crippen molar-refractivity contribution in [2.75, 3.05) is 33.9 Å². The van der Waals surface area contributed by atoms with Crippen molar-refractivity contribution in [3.8, 4) is 0 Å². The first-order valence-corrected chi connectivity index (χ1v) is 5.62. The Labute approximate surface area is 102 Å².